The molecule has 0 atom stereocenters. The molecular weight excluding hydrogens is 367 g/mol. The molecule has 0 bridgehead atoms. The van der Waals surface area contributed by atoms with E-state index in [-0.39, 0.29) is 12.4 Å². The Morgan fingerprint density at radius 3 is 1.40 bits per heavy atom. The van der Waals surface area contributed by atoms with Gasteiger partial charge in [-0.2, -0.15) is 13.1 Å². The van der Waals surface area contributed by atoms with Gasteiger partial charge in [0.25, 0.3) is 0 Å². The van der Waals surface area contributed by atoms with Gasteiger partial charge in [0.05, 0.1) is 0 Å². The van der Waals surface area contributed by atoms with Crippen LogP contribution in [-0.4, -0.2) is 13.1 Å². The third kappa shape index (κ3) is 32.4. The van der Waals surface area contributed by atoms with Gasteiger partial charge in [-0.25, -0.2) is 0 Å². The molecule has 4 heteroatoms. The third-order valence-electron chi connectivity index (χ3n) is 3.81. The average molecular weight is 408 g/mol. The maximum atomic E-state index is 6.88. The van der Waals surface area contributed by atoms with Gasteiger partial charge in [-0.1, -0.05) is 90.9 Å². The Hall–Kier alpha value is 0.274. The zero-order valence-electron chi connectivity index (χ0n) is 16.7. The monoisotopic (exact) mass is 407 g/mol. The summed E-state index contributed by atoms with van der Waals surface area (Å²) in [6, 6.07) is 0. The van der Waals surface area contributed by atoms with E-state index < -0.39 is 0 Å². The Morgan fingerprint density at radius 2 is 1.16 bits per heavy atom. The molecule has 1 aliphatic rings. The molecule has 0 unspecified atom stereocenters. The van der Waals surface area contributed by atoms with Gasteiger partial charge in [0.2, 0.25) is 0 Å². The SMILES string of the molecule is CCCCCCCC[NH-].CCCCCCCC[NH-].[Cl-].[V+3][C]1=CC=CC1. The molecule has 147 valence electrons. The zero-order valence-corrected chi connectivity index (χ0v) is 18.8. The molecule has 0 heterocycles. The maximum absolute atomic E-state index is 6.88. The predicted octanol–water partition coefficient (Wildman–Crippen LogP) is 5.18. The first-order valence-electron chi connectivity index (χ1n) is 10.1. The van der Waals surface area contributed by atoms with Crippen LogP contribution >= 0.6 is 0 Å². The van der Waals surface area contributed by atoms with Crippen molar-refractivity contribution in [3.8, 4) is 0 Å². The molecular formula is C21H41ClN2V. The third-order valence-corrected chi connectivity index (χ3v) is 4.33. The van der Waals surface area contributed by atoms with E-state index >= 15 is 0 Å². The second kappa shape index (κ2) is 29.1. The van der Waals surface area contributed by atoms with Gasteiger partial charge in [0.1, 0.15) is 0 Å². The summed E-state index contributed by atoms with van der Waals surface area (Å²) in [7, 11) is 0. The molecule has 2 nitrogen and oxygen atoms in total. The summed E-state index contributed by atoms with van der Waals surface area (Å²) in [6.45, 7) is 5.69. The van der Waals surface area contributed by atoms with Gasteiger partial charge >= 0.3 is 46.4 Å². The normalized spacial score (nSPS) is 11.7. The molecule has 0 saturated carbocycles. The molecule has 1 rings (SSSR count). The number of hydrogen-bond donors (Lipinski definition) is 0. The Balaban J connectivity index is -0.000000289. The summed E-state index contributed by atoms with van der Waals surface area (Å²) in [5.74, 6) is 0. The minimum atomic E-state index is 0. The molecule has 0 fully saturated rings. The van der Waals surface area contributed by atoms with E-state index in [4.69, 9.17) is 11.5 Å². The summed E-state index contributed by atoms with van der Waals surface area (Å²) in [6.07, 6.45) is 23.0. The van der Waals surface area contributed by atoms with Gasteiger partial charge < -0.3 is 23.9 Å². The predicted molar refractivity (Wildman–Crippen MR) is 107 cm³/mol. The molecule has 0 amide bonds. The van der Waals surface area contributed by atoms with Gasteiger partial charge in [-0.3, -0.25) is 0 Å². The van der Waals surface area contributed by atoms with Crippen molar-refractivity contribution in [2.45, 2.75) is 97.3 Å². The Morgan fingerprint density at radius 1 is 0.760 bits per heavy atom. The minimum absolute atomic E-state index is 0. The average Bonchev–Trinajstić information content (AvgIpc) is 3.07. The fourth-order valence-corrected chi connectivity index (χ4v) is 2.55. The number of unbranched alkanes of at least 4 members (excludes halogenated alkanes) is 10. The van der Waals surface area contributed by atoms with Gasteiger partial charge in [-0.15, -0.1) is 0 Å². The van der Waals surface area contributed by atoms with Crippen molar-refractivity contribution >= 4 is 0 Å². The first kappa shape index (κ1) is 30.0. The first-order valence-corrected chi connectivity index (χ1v) is 10.8. The molecule has 0 aromatic heterocycles. The van der Waals surface area contributed by atoms with Crippen LogP contribution in [0.25, 0.3) is 11.5 Å². The molecule has 0 aromatic rings. The number of rotatable bonds is 12. The van der Waals surface area contributed by atoms with Gasteiger partial charge in [0, 0.05) is 0 Å². The summed E-state index contributed by atoms with van der Waals surface area (Å²) < 4.78 is 1.41. The summed E-state index contributed by atoms with van der Waals surface area (Å²) in [4.78, 5) is 0. The second-order valence-corrected chi connectivity index (χ2v) is 7.22. The van der Waals surface area contributed by atoms with Crippen LogP contribution in [0.15, 0.2) is 22.5 Å². The molecule has 1 aliphatic carbocycles. The molecule has 0 aromatic carbocycles. The molecule has 0 saturated heterocycles. The fraction of sp³-hybridized carbons (Fsp3) is 0.810. The molecule has 0 radical (unpaired) electrons. The van der Waals surface area contributed by atoms with E-state index in [0.717, 1.165) is 19.3 Å². The Labute approximate surface area is 174 Å². The van der Waals surface area contributed by atoms with Crippen LogP contribution in [0, 0.1) is 0 Å². The van der Waals surface area contributed by atoms with Gasteiger partial charge in [0.15, 0.2) is 0 Å². The van der Waals surface area contributed by atoms with Crippen LogP contribution in [0.4, 0.5) is 0 Å². The van der Waals surface area contributed by atoms with E-state index in [1.54, 1.807) is 0 Å². The van der Waals surface area contributed by atoms with Crippen LogP contribution < -0.4 is 12.4 Å². The van der Waals surface area contributed by atoms with Crippen LogP contribution in [0.3, 0.4) is 0 Å². The standard InChI is InChI=1S/2C8H18N.C5H5.ClH.V/c2*1-2-3-4-5-6-7-8-9;1-2-4-5-3-1;;/h2*9H,2-8H2,1H3;1-3H,4H2;1H;/q2*-1;;;+3/p-1. The number of nitrogens with one attached hydrogen (secondary N) is 2. The van der Waals surface area contributed by atoms with Gasteiger partial charge in [-0.05, 0) is 0 Å². The van der Waals surface area contributed by atoms with Crippen molar-refractivity contribution in [1.29, 1.82) is 0 Å². The van der Waals surface area contributed by atoms with Crippen molar-refractivity contribution < 1.29 is 29.8 Å². The van der Waals surface area contributed by atoms with E-state index in [1.807, 2.05) is 0 Å². The molecule has 0 spiro atoms. The zero-order chi connectivity index (χ0) is 18.3. The van der Waals surface area contributed by atoms with E-state index in [9.17, 15) is 0 Å². The van der Waals surface area contributed by atoms with Crippen molar-refractivity contribution in [3.05, 3.63) is 34.0 Å². The van der Waals surface area contributed by atoms with Crippen molar-refractivity contribution in [1.82, 2.24) is 0 Å². The first-order chi connectivity index (χ1) is 11.7. The second-order valence-electron chi connectivity index (χ2n) is 6.33. The van der Waals surface area contributed by atoms with E-state index in [0.29, 0.717) is 13.1 Å². The Kier molecular flexibility index (Phi) is 34.9. The quantitative estimate of drug-likeness (QED) is 0.400. The fourth-order valence-electron chi connectivity index (χ4n) is 2.25. The number of halogens is 1. The molecule has 2 N–H and O–H groups in total. The van der Waals surface area contributed by atoms with Crippen LogP contribution in [0.5, 0.6) is 0 Å². The van der Waals surface area contributed by atoms with Crippen molar-refractivity contribution in [3.63, 3.8) is 0 Å². The topological polar surface area (TPSA) is 47.6 Å². The van der Waals surface area contributed by atoms with Crippen molar-refractivity contribution in [2.24, 2.45) is 0 Å². The van der Waals surface area contributed by atoms with E-state index in [2.05, 4.69) is 49.5 Å². The van der Waals surface area contributed by atoms with Crippen LogP contribution in [-0.2, 0) is 17.4 Å². The van der Waals surface area contributed by atoms with Crippen LogP contribution in [0.2, 0.25) is 0 Å². The molecule has 0 aliphatic heterocycles. The number of hydrogen-bond acceptors (Lipinski definition) is 0. The number of allylic oxidation sites excluding steroid dienone is 4. The molecule has 25 heavy (non-hydrogen) atoms. The summed E-state index contributed by atoms with van der Waals surface area (Å²) in [5, 5.41) is 0. The van der Waals surface area contributed by atoms with Crippen LogP contribution in [0.1, 0.15) is 97.3 Å². The Bertz CT molecular complexity index is 255. The summed E-state index contributed by atoms with van der Waals surface area (Å²) in [5.41, 5.74) is 13.8. The summed E-state index contributed by atoms with van der Waals surface area (Å²) >= 11 is 2.54. The van der Waals surface area contributed by atoms with E-state index in [1.165, 1.54) is 68.5 Å². The van der Waals surface area contributed by atoms with Crippen molar-refractivity contribution in [2.75, 3.05) is 13.1 Å².